The topological polar surface area (TPSA) is 98.7 Å². The molecule has 0 unspecified atom stereocenters. The van der Waals surface area contributed by atoms with Gasteiger partial charge in [-0.3, -0.25) is 14.8 Å². The lowest BCUT2D eigenvalue weighted by Gasteiger charge is -2.09. The van der Waals surface area contributed by atoms with Crippen molar-refractivity contribution in [2.45, 2.75) is 13.1 Å². The van der Waals surface area contributed by atoms with E-state index in [-0.39, 0.29) is 5.91 Å². The summed E-state index contributed by atoms with van der Waals surface area (Å²) < 4.78 is 7.09. The van der Waals surface area contributed by atoms with Crippen LogP contribution in [0.3, 0.4) is 0 Å². The van der Waals surface area contributed by atoms with E-state index in [1.807, 2.05) is 30.3 Å². The molecular formula is C23H18N6O2. The summed E-state index contributed by atoms with van der Waals surface area (Å²) in [6.07, 6.45) is 10.2. The first kappa shape index (κ1) is 18.7. The lowest BCUT2D eigenvalue weighted by atomic mass is 10.1. The number of amides is 1. The molecule has 0 atom stereocenters. The van der Waals surface area contributed by atoms with E-state index >= 15 is 0 Å². The number of fused-ring (bicyclic) bond motifs is 1. The zero-order valence-electron chi connectivity index (χ0n) is 16.5. The SMILES string of the molecule is O=C(NCc1ccco1)c1cc(-c2cccnc2)nc2c1cnn2Cc1cccnc1. The maximum absolute atomic E-state index is 13.1. The highest BCUT2D eigenvalue weighted by molar-refractivity contribution is 6.06. The second kappa shape index (κ2) is 8.19. The fraction of sp³-hybridized carbons (Fsp3) is 0.0870. The zero-order chi connectivity index (χ0) is 21.0. The average molecular weight is 410 g/mol. The minimum atomic E-state index is -0.227. The van der Waals surface area contributed by atoms with Gasteiger partial charge in [0.1, 0.15) is 5.76 Å². The molecule has 31 heavy (non-hydrogen) atoms. The van der Waals surface area contributed by atoms with Crippen molar-refractivity contribution >= 4 is 16.9 Å². The molecule has 0 fully saturated rings. The predicted molar refractivity (Wildman–Crippen MR) is 114 cm³/mol. The van der Waals surface area contributed by atoms with Crippen LogP contribution in [-0.2, 0) is 13.1 Å². The maximum Gasteiger partial charge on any atom is 0.252 e. The summed E-state index contributed by atoms with van der Waals surface area (Å²) in [6, 6.07) is 13.0. The lowest BCUT2D eigenvalue weighted by Crippen LogP contribution is -2.23. The fourth-order valence-electron chi connectivity index (χ4n) is 3.35. The van der Waals surface area contributed by atoms with E-state index in [2.05, 4.69) is 20.4 Å². The molecule has 5 aromatic heterocycles. The predicted octanol–water partition coefficient (Wildman–Crippen LogP) is 3.46. The molecular weight excluding hydrogens is 392 g/mol. The van der Waals surface area contributed by atoms with Crippen LogP contribution in [0.4, 0.5) is 0 Å². The molecule has 0 spiro atoms. The zero-order valence-corrected chi connectivity index (χ0v) is 16.5. The number of pyridine rings is 3. The Morgan fingerprint density at radius 3 is 2.65 bits per heavy atom. The summed E-state index contributed by atoms with van der Waals surface area (Å²) in [7, 11) is 0. The monoisotopic (exact) mass is 410 g/mol. The first-order valence-corrected chi connectivity index (χ1v) is 9.74. The van der Waals surface area contributed by atoms with Crippen molar-refractivity contribution in [1.29, 1.82) is 0 Å². The number of nitrogens with zero attached hydrogens (tertiary/aromatic N) is 5. The van der Waals surface area contributed by atoms with Gasteiger partial charge in [0, 0.05) is 30.4 Å². The Labute approximate surface area is 177 Å². The molecule has 5 aromatic rings. The molecule has 8 heteroatoms. The molecule has 0 bridgehead atoms. The van der Waals surface area contributed by atoms with Crippen LogP contribution in [0.5, 0.6) is 0 Å². The third-order valence-electron chi connectivity index (χ3n) is 4.87. The third kappa shape index (κ3) is 3.91. The molecule has 1 N–H and O–H groups in total. The van der Waals surface area contributed by atoms with Crippen molar-refractivity contribution in [3.05, 3.63) is 96.6 Å². The van der Waals surface area contributed by atoms with Crippen LogP contribution in [0.2, 0.25) is 0 Å². The first-order valence-electron chi connectivity index (χ1n) is 9.74. The van der Waals surface area contributed by atoms with Crippen LogP contribution >= 0.6 is 0 Å². The van der Waals surface area contributed by atoms with E-state index in [4.69, 9.17) is 9.40 Å². The second-order valence-electron chi connectivity index (χ2n) is 6.96. The second-order valence-corrected chi connectivity index (χ2v) is 6.96. The number of hydrogen-bond acceptors (Lipinski definition) is 6. The molecule has 152 valence electrons. The minimum Gasteiger partial charge on any atom is -0.467 e. The maximum atomic E-state index is 13.1. The van der Waals surface area contributed by atoms with E-state index < -0.39 is 0 Å². The number of carbonyl (C=O) groups excluding carboxylic acids is 1. The number of furan rings is 1. The van der Waals surface area contributed by atoms with E-state index in [9.17, 15) is 4.79 Å². The molecule has 0 aliphatic carbocycles. The van der Waals surface area contributed by atoms with Gasteiger partial charge in [0.25, 0.3) is 5.91 Å². The smallest absolute Gasteiger partial charge is 0.252 e. The van der Waals surface area contributed by atoms with Gasteiger partial charge in [-0.05, 0) is 42.0 Å². The molecule has 0 saturated carbocycles. The van der Waals surface area contributed by atoms with E-state index in [1.54, 1.807) is 54.1 Å². The Morgan fingerprint density at radius 2 is 1.90 bits per heavy atom. The van der Waals surface area contributed by atoms with E-state index in [1.165, 1.54) is 0 Å². The van der Waals surface area contributed by atoms with Crippen LogP contribution in [0.15, 0.2) is 84.1 Å². The summed E-state index contributed by atoms with van der Waals surface area (Å²) in [5, 5.41) is 8.07. The van der Waals surface area contributed by atoms with Crippen LogP contribution < -0.4 is 5.32 Å². The molecule has 0 aromatic carbocycles. The highest BCUT2D eigenvalue weighted by atomic mass is 16.3. The van der Waals surface area contributed by atoms with Crippen molar-refractivity contribution in [3.63, 3.8) is 0 Å². The summed E-state index contributed by atoms with van der Waals surface area (Å²) >= 11 is 0. The van der Waals surface area contributed by atoms with E-state index in [0.29, 0.717) is 41.1 Å². The summed E-state index contributed by atoms with van der Waals surface area (Å²) in [4.78, 5) is 26.2. The standard InChI is InChI=1S/C23H18N6O2/c30-23(26-13-18-6-3-9-31-18)19-10-21(17-5-2-8-25-12-17)28-22-20(19)14-27-29(22)15-16-4-1-7-24-11-16/h1-12,14H,13,15H2,(H,26,30). The van der Waals surface area contributed by atoms with Gasteiger partial charge in [0.2, 0.25) is 0 Å². The molecule has 8 nitrogen and oxygen atoms in total. The summed E-state index contributed by atoms with van der Waals surface area (Å²) in [5.41, 5.74) is 3.57. The largest absolute Gasteiger partial charge is 0.467 e. The van der Waals surface area contributed by atoms with Crippen molar-refractivity contribution < 1.29 is 9.21 Å². The van der Waals surface area contributed by atoms with Gasteiger partial charge < -0.3 is 9.73 Å². The number of nitrogens with one attached hydrogen (secondary N) is 1. The number of carbonyl (C=O) groups is 1. The van der Waals surface area contributed by atoms with Gasteiger partial charge in [-0.15, -0.1) is 0 Å². The van der Waals surface area contributed by atoms with Crippen LogP contribution in [0.25, 0.3) is 22.3 Å². The van der Waals surface area contributed by atoms with E-state index in [0.717, 1.165) is 11.1 Å². The lowest BCUT2D eigenvalue weighted by molar-refractivity contribution is 0.0949. The highest BCUT2D eigenvalue weighted by Gasteiger charge is 2.18. The van der Waals surface area contributed by atoms with Crippen LogP contribution in [0, 0.1) is 0 Å². The molecule has 5 heterocycles. The van der Waals surface area contributed by atoms with Gasteiger partial charge in [0.05, 0.1) is 42.2 Å². The molecule has 5 rings (SSSR count). The number of rotatable bonds is 6. The number of hydrogen-bond donors (Lipinski definition) is 1. The minimum absolute atomic E-state index is 0.227. The summed E-state index contributed by atoms with van der Waals surface area (Å²) in [6.45, 7) is 0.788. The summed E-state index contributed by atoms with van der Waals surface area (Å²) in [5.74, 6) is 0.452. The van der Waals surface area contributed by atoms with Crippen molar-refractivity contribution in [3.8, 4) is 11.3 Å². The quantitative estimate of drug-likeness (QED) is 0.460. The van der Waals surface area contributed by atoms with Crippen molar-refractivity contribution in [1.82, 2.24) is 30.0 Å². The third-order valence-corrected chi connectivity index (χ3v) is 4.87. The molecule has 0 radical (unpaired) electrons. The van der Waals surface area contributed by atoms with Crippen molar-refractivity contribution in [2.75, 3.05) is 0 Å². The molecule has 0 aliphatic heterocycles. The van der Waals surface area contributed by atoms with Crippen LogP contribution in [0.1, 0.15) is 21.7 Å². The van der Waals surface area contributed by atoms with Crippen molar-refractivity contribution in [2.24, 2.45) is 0 Å². The van der Waals surface area contributed by atoms with Crippen LogP contribution in [-0.4, -0.2) is 30.6 Å². The van der Waals surface area contributed by atoms with Gasteiger partial charge >= 0.3 is 0 Å². The number of aromatic nitrogens is 5. The van der Waals surface area contributed by atoms with Gasteiger partial charge in [-0.2, -0.15) is 5.10 Å². The average Bonchev–Trinajstić information content (AvgIpc) is 3.48. The fourth-order valence-corrected chi connectivity index (χ4v) is 3.35. The Morgan fingerprint density at radius 1 is 1.03 bits per heavy atom. The van der Waals surface area contributed by atoms with Gasteiger partial charge in [0.15, 0.2) is 5.65 Å². The molecule has 0 aliphatic rings. The molecule has 1 amide bonds. The molecule has 0 saturated heterocycles. The Kier molecular flexibility index (Phi) is 4.94. The first-order chi connectivity index (χ1) is 15.3. The Bertz CT molecular complexity index is 1310. The Hall–Kier alpha value is -4.33. The Balaban J connectivity index is 1.57. The van der Waals surface area contributed by atoms with Gasteiger partial charge in [-0.25, -0.2) is 9.67 Å². The van der Waals surface area contributed by atoms with Gasteiger partial charge in [-0.1, -0.05) is 6.07 Å². The normalized spacial score (nSPS) is 11.0. The highest BCUT2D eigenvalue weighted by Crippen LogP contribution is 2.25.